The van der Waals surface area contributed by atoms with Gasteiger partial charge in [-0.2, -0.15) is 0 Å². The van der Waals surface area contributed by atoms with E-state index in [9.17, 15) is 19.7 Å². The highest BCUT2D eigenvalue weighted by atomic mass is 79.9. The summed E-state index contributed by atoms with van der Waals surface area (Å²) < 4.78 is 1.35. The lowest BCUT2D eigenvalue weighted by atomic mass is 10.3. The number of halogens is 2. The Morgan fingerprint density at radius 1 is 1.24 bits per heavy atom. The van der Waals surface area contributed by atoms with Crippen LogP contribution in [0.25, 0.3) is 11.0 Å². The summed E-state index contributed by atoms with van der Waals surface area (Å²) in [6.07, 6.45) is 0. The summed E-state index contributed by atoms with van der Waals surface area (Å²) in [7, 11) is 0. The van der Waals surface area contributed by atoms with Crippen LogP contribution in [0.5, 0.6) is 0 Å². The Labute approximate surface area is 109 Å². The molecule has 17 heavy (non-hydrogen) atoms. The van der Waals surface area contributed by atoms with Crippen molar-refractivity contribution in [2.24, 2.45) is 0 Å². The van der Waals surface area contributed by atoms with Gasteiger partial charge in [0.25, 0.3) is 0 Å². The summed E-state index contributed by atoms with van der Waals surface area (Å²) >= 11 is 6.36. The molecule has 0 unspecified atom stereocenters. The van der Waals surface area contributed by atoms with Crippen molar-refractivity contribution in [2.75, 3.05) is 0 Å². The van der Waals surface area contributed by atoms with Gasteiger partial charge in [-0.1, -0.05) is 0 Å². The van der Waals surface area contributed by atoms with E-state index in [1.165, 1.54) is 12.1 Å². The first kappa shape index (κ1) is 12.0. The molecule has 0 atom stereocenters. The second-order valence-electron chi connectivity index (χ2n) is 3.09. The molecule has 0 saturated carbocycles. The number of H-pyrrole nitrogens is 1. The molecule has 88 valence electrons. The second-order valence-corrected chi connectivity index (χ2v) is 4.80. The highest BCUT2D eigenvalue weighted by Gasteiger charge is 2.16. The number of fused-ring (bicyclic) bond motifs is 1. The lowest BCUT2D eigenvalue weighted by Gasteiger charge is -2.03. The topological polar surface area (TPSA) is 98.0 Å². The molecule has 2 rings (SSSR count). The molecule has 1 aromatic carbocycles. The normalized spacial score (nSPS) is 10.7. The minimum absolute atomic E-state index is 0.00896. The predicted molar refractivity (Wildman–Crippen MR) is 66.6 cm³/mol. The third kappa shape index (κ3) is 1.91. The van der Waals surface area contributed by atoms with Gasteiger partial charge in [0.1, 0.15) is 5.52 Å². The summed E-state index contributed by atoms with van der Waals surface area (Å²) in [4.78, 5) is 35.7. The smallest absolute Gasteiger partial charge is 0.315 e. The Bertz CT molecular complexity index is 749. The van der Waals surface area contributed by atoms with E-state index in [0.717, 1.165) is 0 Å². The SMILES string of the molecule is O=c1[nH]c2cc(Br)c(Br)cc2n([N+](=O)[O-])c1=O. The first-order chi connectivity index (χ1) is 7.91. The van der Waals surface area contributed by atoms with Crippen molar-refractivity contribution in [3.05, 3.63) is 51.9 Å². The maximum atomic E-state index is 11.4. The van der Waals surface area contributed by atoms with Gasteiger partial charge in [0.05, 0.1) is 5.52 Å². The van der Waals surface area contributed by atoms with Crippen molar-refractivity contribution in [1.29, 1.82) is 0 Å². The molecular formula is C8H3Br2N3O4. The number of aromatic nitrogens is 2. The van der Waals surface area contributed by atoms with Crippen molar-refractivity contribution >= 4 is 42.9 Å². The molecule has 0 spiro atoms. The number of nitrogens with zero attached hydrogens (tertiary/aromatic N) is 2. The molecule has 1 aromatic heterocycles. The van der Waals surface area contributed by atoms with Gasteiger partial charge in [0.15, 0.2) is 5.03 Å². The molecule has 2 aromatic rings. The third-order valence-corrected chi connectivity index (χ3v) is 3.91. The van der Waals surface area contributed by atoms with E-state index in [1.807, 2.05) is 0 Å². The van der Waals surface area contributed by atoms with Gasteiger partial charge in [0, 0.05) is 8.95 Å². The van der Waals surface area contributed by atoms with Gasteiger partial charge >= 0.3 is 11.1 Å². The van der Waals surface area contributed by atoms with Crippen LogP contribution in [0.2, 0.25) is 0 Å². The fourth-order valence-electron chi connectivity index (χ4n) is 1.36. The molecule has 0 aliphatic rings. The van der Waals surface area contributed by atoms with E-state index >= 15 is 0 Å². The van der Waals surface area contributed by atoms with Gasteiger partial charge in [-0.05, 0) is 48.7 Å². The largest absolute Gasteiger partial charge is 0.377 e. The standard InChI is InChI=1S/C8H3Br2N3O4/c9-3-1-5-6(2-4(3)10)12(13(16)17)8(15)7(14)11-5/h1-2H,(H,11,14). The summed E-state index contributed by atoms with van der Waals surface area (Å²) in [6, 6.07) is 2.85. The average Bonchev–Trinajstić information content (AvgIpc) is 2.23. The van der Waals surface area contributed by atoms with Crippen LogP contribution in [0.1, 0.15) is 0 Å². The van der Waals surface area contributed by atoms with Crippen LogP contribution < -0.4 is 11.1 Å². The van der Waals surface area contributed by atoms with Crippen molar-refractivity contribution in [2.45, 2.75) is 0 Å². The van der Waals surface area contributed by atoms with E-state index in [0.29, 0.717) is 8.95 Å². The molecular weight excluding hydrogens is 362 g/mol. The fraction of sp³-hybridized carbons (Fsp3) is 0. The van der Waals surface area contributed by atoms with Crippen LogP contribution in [0.3, 0.4) is 0 Å². The minimum atomic E-state index is -1.23. The molecule has 1 N–H and O–H groups in total. The van der Waals surface area contributed by atoms with Gasteiger partial charge < -0.3 is 4.98 Å². The van der Waals surface area contributed by atoms with Crippen molar-refractivity contribution in [1.82, 2.24) is 9.66 Å². The van der Waals surface area contributed by atoms with Crippen LogP contribution in [0.4, 0.5) is 0 Å². The zero-order valence-electron chi connectivity index (χ0n) is 7.94. The summed E-state index contributed by atoms with van der Waals surface area (Å²) in [5, 5.41) is 9.84. The van der Waals surface area contributed by atoms with Crippen LogP contribution in [-0.4, -0.2) is 14.7 Å². The van der Waals surface area contributed by atoms with Gasteiger partial charge in [-0.25, -0.2) is 10.1 Å². The van der Waals surface area contributed by atoms with Crippen molar-refractivity contribution in [3.63, 3.8) is 0 Å². The van der Waals surface area contributed by atoms with Crippen LogP contribution in [0.15, 0.2) is 30.7 Å². The van der Waals surface area contributed by atoms with E-state index < -0.39 is 16.2 Å². The molecule has 1 heterocycles. The minimum Gasteiger partial charge on any atom is -0.315 e. The molecule has 0 bridgehead atoms. The molecule has 0 aliphatic carbocycles. The van der Waals surface area contributed by atoms with Crippen LogP contribution in [-0.2, 0) is 0 Å². The third-order valence-electron chi connectivity index (χ3n) is 2.06. The quantitative estimate of drug-likeness (QED) is 0.467. The van der Waals surface area contributed by atoms with Gasteiger partial charge in [-0.15, -0.1) is 0 Å². The molecule has 9 heteroatoms. The number of nitrogens with one attached hydrogen (secondary N) is 1. The maximum Gasteiger partial charge on any atom is 0.377 e. The van der Waals surface area contributed by atoms with E-state index in [4.69, 9.17) is 0 Å². The lowest BCUT2D eigenvalue weighted by molar-refractivity contribution is -0.540. The number of aromatic amines is 1. The Hall–Kier alpha value is -1.48. The molecule has 7 nitrogen and oxygen atoms in total. The monoisotopic (exact) mass is 363 g/mol. The molecule has 0 radical (unpaired) electrons. The highest BCUT2D eigenvalue weighted by Crippen LogP contribution is 2.26. The number of hydrogen-bond acceptors (Lipinski definition) is 4. The highest BCUT2D eigenvalue weighted by molar-refractivity contribution is 9.13. The first-order valence-corrected chi connectivity index (χ1v) is 5.79. The predicted octanol–water partition coefficient (Wildman–Crippen LogP) is 1.25. The van der Waals surface area contributed by atoms with Crippen molar-refractivity contribution < 1.29 is 5.03 Å². The zero-order valence-corrected chi connectivity index (χ0v) is 11.1. The summed E-state index contributed by atoms with van der Waals surface area (Å²) in [6.45, 7) is 0. The van der Waals surface area contributed by atoms with Crippen LogP contribution in [0, 0.1) is 10.1 Å². The van der Waals surface area contributed by atoms with Gasteiger partial charge in [-0.3, -0.25) is 9.59 Å². The Kier molecular flexibility index (Phi) is 2.87. The number of nitro groups is 1. The average molecular weight is 365 g/mol. The lowest BCUT2D eigenvalue weighted by Crippen LogP contribution is -2.39. The van der Waals surface area contributed by atoms with Crippen molar-refractivity contribution in [3.8, 4) is 0 Å². The fourth-order valence-corrected chi connectivity index (χ4v) is 2.03. The first-order valence-electron chi connectivity index (χ1n) is 4.20. The van der Waals surface area contributed by atoms with E-state index in [-0.39, 0.29) is 15.7 Å². The molecule has 0 saturated heterocycles. The Morgan fingerprint density at radius 2 is 1.82 bits per heavy atom. The van der Waals surface area contributed by atoms with Gasteiger partial charge in [0.2, 0.25) is 0 Å². The number of benzene rings is 1. The molecule has 0 aliphatic heterocycles. The Balaban J connectivity index is 3.09. The Morgan fingerprint density at radius 3 is 2.41 bits per heavy atom. The number of hydrogen-bond donors (Lipinski definition) is 1. The summed E-state index contributed by atoms with van der Waals surface area (Å²) in [5.41, 5.74) is -2.06. The number of rotatable bonds is 1. The second kappa shape index (κ2) is 4.08. The maximum absolute atomic E-state index is 11.4. The zero-order chi connectivity index (χ0) is 12.7. The molecule has 0 fully saturated rings. The van der Waals surface area contributed by atoms with E-state index in [2.05, 4.69) is 36.8 Å². The summed E-state index contributed by atoms with van der Waals surface area (Å²) in [5.74, 6) is 0. The molecule has 0 amide bonds. The van der Waals surface area contributed by atoms with Crippen LogP contribution >= 0.6 is 31.9 Å². The van der Waals surface area contributed by atoms with E-state index in [1.54, 1.807) is 0 Å².